The van der Waals surface area contributed by atoms with E-state index in [4.69, 9.17) is 44.3 Å². The summed E-state index contributed by atoms with van der Waals surface area (Å²) in [4.78, 5) is 14.1. The van der Waals surface area contributed by atoms with E-state index in [1.54, 1.807) is 0 Å². The third-order valence-corrected chi connectivity index (χ3v) is 7.99. The molecule has 1 amide bonds. The molecule has 2 saturated heterocycles. The van der Waals surface area contributed by atoms with Crippen molar-refractivity contribution in [1.29, 1.82) is 0 Å². The van der Waals surface area contributed by atoms with E-state index in [9.17, 15) is 15.0 Å². The first kappa shape index (κ1) is 30.3. The van der Waals surface area contributed by atoms with Crippen molar-refractivity contribution in [2.75, 3.05) is 19.6 Å². The SMILES string of the molecule is O=C(NCc1cccc(-c2ccc(C3OC(CN4CCC(O)C4)CC(c4ccc(CO)cc4)O3)cc2)c1)C(Cl)(Cl)Cl. The number of nitrogens with zero attached hydrogens (tertiary/aromatic N) is 1. The van der Waals surface area contributed by atoms with Crippen LogP contribution in [0, 0.1) is 0 Å². The Bertz CT molecular complexity index is 1320. The summed E-state index contributed by atoms with van der Waals surface area (Å²) in [5.74, 6) is -0.674. The molecule has 2 aliphatic heterocycles. The van der Waals surface area contributed by atoms with E-state index in [1.807, 2.05) is 72.8 Å². The summed E-state index contributed by atoms with van der Waals surface area (Å²) in [5, 5.41) is 22.1. The Morgan fingerprint density at radius 3 is 2.34 bits per heavy atom. The van der Waals surface area contributed by atoms with Gasteiger partial charge in [0.05, 0.1) is 24.9 Å². The van der Waals surface area contributed by atoms with Crippen LogP contribution < -0.4 is 5.32 Å². The molecule has 10 heteroatoms. The van der Waals surface area contributed by atoms with E-state index in [0.717, 1.165) is 52.9 Å². The van der Waals surface area contributed by atoms with Gasteiger partial charge in [0.1, 0.15) is 0 Å². The molecule has 5 rings (SSSR count). The number of aliphatic hydroxyl groups is 2. The fourth-order valence-corrected chi connectivity index (χ4v) is 5.48. The average Bonchev–Trinajstić information content (AvgIpc) is 3.39. The number of β-amino-alcohol motifs (C(OH)–C–C–N with tert-alkyl or cyclic N) is 1. The summed E-state index contributed by atoms with van der Waals surface area (Å²) in [6.45, 7) is 2.46. The summed E-state index contributed by atoms with van der Waals surface area (Å²) in [6, 6.07) is 23.7. The highest BCUT2D eigenvalue weighted by atomic mass is 35.6. The van der Waals surface area contributed by atoms with E-state index in [-0.39, 0.29) is 31.5 Å². The Kier molecular flexibility index (Phi) is 9.89. The second-order valence-corrected chi connectivity index (χ2v) is 12.8. The van der Waals surface area contributed by atoms with E-state index < -0.39 is 16.0 Å². The number of amides is 1. The van der Waals surface area contributed by atoms with E-state index in [0.29, 0.717) is 13.0 Å². The first-order valence-corrected chi connectivity index (χ1v) is 14.8. The number of halogens is 3. The number of alkyl halides is 3. The van der Waals surface area contributed by atoms with Crippen LogP contribution in [0.2, 0.25) is 0 Å². The topological polar surface area (TPSA) is 91.3 Å². The van der Waals surface area contributed by atoms with Crippen LogP contribution in [0.4, 0.5) is 0 Å². The standard InChI is InChI=1S/C31H33Cl3N2O5/c32-31(33,34)30(39)35-16-21-2-1-3-25(14-21)22-8-10-24(11-9-22)29-40-27(18-36-13-12-26(38)17-36)15-28(41-29)23-6-4-20(19-37)5-7-23/h1-11,14,26-29,37-38H,12-13,15-19H2,(H,35,39). The lowest BCUT2D eigenvalue weighted by atomic mass is 9.99. The molecule has 2 fully saturated rings. The van der Waals surface area contributed by atoms with Crippen molar-refractivity contribution in [3.8, 4) is 11.1 Å². The van der Waals surface area contributed by atoms with Crippen molar-refractivity contribution in [1.82, 2.24) is 10.2 Å². The molecule has 3 aromatic rings. The largest absolute Gasteiger partial charge is 0.392 e. The lowest BCUT2D eigenvalue weighted by Crippen LogP contribution is -2.38. The van der Waals surface area contributed by atoms with Gasteiger partial charge in [0.15, 0.2) is 6.29 Å². The third-order valence-electron chi connectivity index (χ3n) is 7.48. The molecule has 2 heterocycles. The molecule has 0 aromatic heterocycles. The number of carbonyl (C=O) groups excluding carboxylic acids is 1. The van der Waals surface area contributed by atoms with Gasteiger partial charge in [0.25, 0.3) is 9.70 Å². The van der Waals surface area contributed by atoms with Gasteiger partial charge in [-0.3, -0.25) is 9.69 Å². The van der Waals surface area contributed by atoms with Gasteiger partial charge in [-0.1, -0.05) is 102 Å². The number of hydrogen-bond donors (Lipinski definition) is 3. The van der Waals surface area contributed by atoms with Gasteiger partial charge in [0.2, 0.25) is 0 Å². The second kappa shape index (κ2) is 13.4. The summed E-state index contributed by atoms with van der Waals surface area (Å²) in [7, 11) is 0. The number of ether oxygens (including phenoxy) is 2. The quantitative estimate of drug-likeness (QED) is 0.291. The molecule has 0 radical (unpaired) electrons. The van der Waals surface area contributed by atoms with Gasteiger partial charge < -0.3 is 25.0 Å². The van der Waals surface area contributed by atoms with Crippen LogP contribution in [0.15, 0.2) is 72.8 Å². The minimum atomic E-state index is -2.01. The highest BCUT2D eigenvalue weighted by Crippen LogP contribution is 2.39. The van der Waals surface area contributed by atoms with Gasteiger partial charge in [0, 0.05) is 38.2 Å². The van der Waals surface area contributed by atoms with Crippen molar-refractivity contribution in [3.63, 3.8) is 0 Å². The normalized spacial score (nSPS) is 23.4. The second-order valence-electron chi connectivity index (χ2n) is 10.6. The van der Waals surface area contributed by atoms with Crippen molar-refractivity contribution >= 4 is 40.7 Å². The summed E-state index contributed by atoms with van der Waals surface area (Å²) < 4.78 is 10.9. The highest BCUT2D eigenvalue weighted by Gasteiger charge is 2.34. The van der Waals surface area contributed by atoms with Gasteiger partial charge in [-0.2, -0.15) is 0 Å². The van der Waals surface area contributed by atoms with Crippen molar-refractivity contribution in [2.45, 2.75) is 54.4 Å². The Balaban J connectivity index is 1.31. The number of carbonyl (C=O) groups is 1. The fourth-order valence-electron chi connectivity index (χ4n) is 5.28. The number of hydrogen-bond acceptors (Lipinski definition) is 6. The van der Waals surface area contributed by atoms with Crippen molar-refractivity contribution in [2.24, 2.45) is 0 Å². The molecule has 3 N–H and O–H groups in total. The Hall–Kier alpha value is -2.20. The monoisotopic (exact) mass is 618 g/mol. The smallest absolute Gasteiger partial charge is 0.272 e. The summed E-state index contributed by atoms with van der Waals surface area (Å²) in [6.07, 6.45) is 0.395. The minimum Gasteiger partial charge on any atom is -0.392 e. The van der Waals surface area contributed by atoms with Crippen LogP contribution in [0.3, 0.4) is 0 Å². The molecule has 218 valence electrons. The molecule has 7 nitrogen and oxygen atoms in total. The van der Waals surface area contributed by atoms with E-state index in [2.05, 4.69) is 10.2 Å². The number of benzene rings is 3. The maximum atomic E-state index is 11.9. The van der Waals surface area contributed by atoms with Crippen LogP contribution in [-0.2, 0) is 27.4 Å². The predicted octanol–water partition coefficient (Wildman–Crippen LogP) is 5.44. The molecular weight excluding hydrogens is 587 g/mol. The Labute approximate surface area is 254 Å². The maximum Gasteiger partial charge on any atom is 0.272 e. The Morgan fingerprint density at radius 1 is 0.951 bits per heavy atom. The van der Waals surface area contributed by atoms with Gasteiger partial charge in [-0.15, -0.1) is 0 Å². The molecule has 41 heavy (non-hydrogen) atoms. The lowest BCUT2D eigenvalue weighted by Gasteiger charge is -2.37. The first-order chi connectivity index (χ1) is 19.7. The minimum absolute atomic E-state index is 0.00367. The zero-order valence-corrected chi connectivity index (χ0v) is 24.7. The van der Waals surface area contributed by atoms with E-state index in [1.165, 1.54) is 0 Å². The molecule has 4 atom stereocenters. The van der Waals surface area contributed by atoms with Crippen molar-refractivity contribution in [3.05, 3.63) is 95.1 Å². The Morgan fingerprint density at radius 2 is 1.68 bits per heavy atom. The number of aliphatic hydroxyl groups excluding tert-OH is 2. The summed E-state index contributed by atoms with van der Waals surface area (Å²) in [5.41, 5.74) is 5.65. The zero-order chi connectivity index (χ0) is 29.0. The third kappa shape index (κ3) is 8.00. The first-order valence-electron chi connectivity index (χ1n) is 13.6. The molecule has 0 spiro atoms. The van der Waals surface area contributed by atoms with Gasteiger partial charge in [-0.05, 0) is 40.3 Å². The van der Waals surface area contributed by atoms with Crippen LogP contribution in [-0.4, -0.2) is 56.7 Å². The van der Waals surface area contributed by atoms with Crippen LogP contribution >= 0.6 is 34.8 Å². The maximum absolute atomic E-state index is 11.9. The highest BCUT2D eigenvalue weighted by molar-refractivity contribution is 6.76. The fraction of sp³-hybridized carbons (Fsp3) is 0.387. The van der Waals surface area contributed by atoms with Crippen molar-refractivity contribution < 1.29 is 24.5 Å². The van der Waals surface area contributed by atoms with Gasteiger partial charge in [-0.25, -0.2) is 0 Å². The van der Waals surface area contributed by atoms with E-state index >= 15 is 0 Å². The number of likely N-dealkylation sites (tertiary alicyclic amines) is 1. The molecule has 2 aliphatic rings. The molecule has 0 bridgehead atoms. The van der Waals surface area contributed by atoms with Gasteiger partial charge >= 0.3 is 0 Å². The van der Waals surface area contributed by atoms with Crippen LogP contribution in [0.1, 0.15) is 47.5 Å². The molecule has 4 unspecified atom stereocenters. The van der Waals surface area contributed by atoms with Crippen LogP contribution in [0.25, 0.3) is 11.1 Å². The molecule has 0 saturated carbocycles. The van der Waals surface area contributed by atoms with Crippen LogP contribution in [0.5, 0.6) is 0 Å². The molecule has 0 aliphatic carbocycles. The molecular formula is C31H33Cl3N2O5. The zero-order valence-electron chi connectivity index (χ0n) is 22.4. The molecule has 3 aromatic carbocycles. The predicted molar refractivity (Wildman–Crippen MR) is 160 cm³/mol. The number of rotatable bonds is 8. The average molecular weight is 620 g/mol. The number of nitrogens with one attached hydrogen (secondary N) is 1. The lowest BCUT2D eigenvalue weighted by molar-refractivity contribution is -0.252. The summed E-state index contributed by atoms with van der Waals surface area (Å²) >= 11 is 16.9.